The van der Waals surface area contributed by atoms with Gasteiger partial charge in [0.05, 0.1) is 11.5 Å². The molecule has 2 fully saturated rings. The summed E-state index contributed by atoms with van der Waals surface area (Å²) in [4.78, 5) is 36.4. The average molecular weight is 327 g/mol. The van der Waals surface area contributed by atoms with Crippen LogP contribution in [0, 0.1) is 5.92 Å². The van der Waals surface area contributed by atoms with Crippen molar-refractivity contribution in [3.63, 3.8) is 0 Å². The summed E-state index contributed by atoms with van der Waals surface area (Å²) in [6.45, 7) is 2.64. The molecular formula is C15H25N3O3S. The fraction of sp³-hybridized carbons (Fsp3) is 0.800. The highest BCUT2D eigenvalue weighted by Gasteiger charge is 2.19. The fourth-order valence-electron chi connectivity index (χ4n) is 2.56. The second kappa shape index (κ2) is 9.02. The normalized spacial score (nSPS) is 18.2. The highest BCUT2D eigenvalue weighted by Crippen LogP contribution is 2.25. The van der Waals surface area contributed by atoms with Crippen molar-refractivity contribution in [3.05, 3.63) is 0 Å². The second-order valence-corrected chi connectivity index (χ2v) is 6.91. The number of amides is 3. The zero-order valence-electron chi connectivity index (χ0n) is 12.9. The van der Waals surface area contributed by atoms with E-state index in [1.165, 1.54) is 31.0 Å². The molecule has 0 radical (unpaired) electrons. The van der Waals surface area contributed by atoms with Crippen LogP contribution >= 0.6 is 11.8 Å². The quantitative estimate of drug-likeness (QED) is 0.641. The molecule has 0 atom stereocenters. The van der Waals surface area contributed by atoms with Crippen molar-refractivity contribution in [2.24, 2.45) is 5.92 Å². The van der Waals surface area contributed by atoms with Gasteiger partial charge in [-0.15, -0.1) is 11.8 Å². The fourth-order valence-corrected chi connectivity index (χ4v) is 3.24. The Balaban J connectivity index is 1.44. The Bertz CT molecular complexity index is 413. The molecule has 3 amide bonds. The largest absolute Gasteiger partial charge is 0.355 e. The van der Waals surface area contributed by atoms with E-state index in [-0.39, 0.29) is 23.5 Å². The van der Waals surface area contributed by atoms with Crippen molar-refractivity contribution < 1.29 is 14.4 Å². The summed E-state index contributed by atoms with van der Waals surface area (Å²) in [6, 6.07) is 0. The molecule has 0 aromatic rings. The predicted molar refractivity (Wildman–Crippen MR) is 86.5 cm³/mol. The molecule has 0 spiro atoms. The Kier molecular flexibility index (Phi) is 7.02. The number of hydrogen-bond donors (Lipinski definition) is 2. The molecule has 1 saturated heterocycles. The van der Waals surface area contributed by atoms with Crippen molar-refractivity contribution >= 4 is 29.5 Å². The Morgan fingerprint density at radius 1 is 1.14 bits per heavy atom. The summed E-state index contributed by atoms with van der Waals surface area (Å²) in [5, 5.41) is 5.69. The van der Waals surface area contributed by atoms with Crippen LogP contribution in [0.1, 0.15) is 32.1 Å². The molecule has 2 rings (SSSR count). The van der Waals surface area contributed by atoms with E-state index < -0.39 is 0 Å². The maximum atomic E-state index is 11.6. The van der Waals surface area contributed by atoms with Crippen LogP contribution in [0.4, 0.5) is 0 Å². The lowest BCUT2D eigenvalue weighted by atomic mass is 9.85. The third kappa shape index (κ3) is 5.87. The summed E-state index contributed by atoms with van der Waals surface area (Å²) in [5.41, 5.74) is 0. The van der Waals surface area contributed by atoms with Gasteiger partial charge in [0, 0.05) is 32.6 Å². The van der Waals surface area contributed by atoms with Gasteiger partial charge in [0.15, 0.2) is 0 Å². The molecule has 2 aliphatic rings. The van der Waals surface area contributed by atoms with Gasteiger partial charge in [0.2, 0.25) is 17.7 Å². The molecule has 0 unspecified atom stereocenters. The van der Waals surface area contributed by atoms with Crippen LogP contribution in [0.15, 0.2) is 0 Å². The van der Waals surface area contributed by atoms with Crippen LogP contribution in [0.5, 0.6) is 0 Å². The number of nitrogens with zero attached hydrogens (tertiary/aromatic N) is 1. The van der Waals surface area contributed by atoms with Gasteiger partial charge in [0.25, 0.3) is 0 Å². The number of carbonyl (C=O) groups excluding carboxylic acids is 3. The van der Waals surface area contributed by atoms with E-state index in [9.17, 15) is 14.4 Å². The highest BCUT2D eigenvalue weighted by molar-refractivity contribution is 8.00. The predicted octanol–water partition coefficient (Wildman–Crippen LogP) is 0.374. The number of thioether (sulfide) groups is 1. The first kappa shape index (κ1) is 17.1. The lowest BCUT2D eigenvalue weighted by Crippen LogP contribution is -2.36. The molecule has 7 heteroatoms. The first-order valence-corrected chi connectivity index (χ1v) is 9.19. The smallest absolute Gasteiger partial charge is 0.230 e. The molecule has 22 heavy (non-hydrogen) atoms. The van der Waals surface area contributed by atoms with Crippen molar-refractivity contribution in [1.29, 1.82) is 0 Å². The number of rotatable bonds is 9. The molecule has 0 aromatic heterocycles. The third-order valence-electron chi connectivity index (χ3n) is 4.15. The molecule has 1 heterocycles. The van der Waals surface area contributed by atoms with Gasteiger partial charge in [-0.1, -0.05) is 6.42 Å². The Labute approximate surface area is 135 Å². The standard InChI is InChI=1S/C15H25N3O3S/c19-13(16-6-8-18-7-2-5-15(18)21)10-22-11-14(20)17-9-12-3-1-4-12/h12H,1-11H2,(H,16,19)(H,17,20). The molecule has 1 saturated carbocycles. The summed E-state index contributed by atoms with van der Waals surface area (Å²) in [6.07, 6.45) is 5.25. The van der Waals surface area contributed by atoms with Gasteiger partial charge in [-0.05, 0) is 25.2 Å². The average Bonchev–Trinajstić information content (AvgIpc) is 2.83. The number of nitrogens with one attached hydrogen (secondary N) is 2. The van der Waals surface area contributed by atoms with Crippen LogP contribution in [0.25, 0.3) is 0 Å². The highest BCUT2D eigenvalue weighted by atomic mass is 32.2. The van der Waals surface area contributed by atoms with Crippen molar-refractivity contribution in [2.75, 3.05) is 37.7 Å². The van der Waals surface area contributed by atoms with E-state index in [4.69, 9.17) is 0 Å². The second-order valence-electron chi connectivity index (χ2n) is 5.93. The first-order chi connectivity index (χ1) is 10.6. The van der Waals surface area contributed by atoms with Crippen molar-refractivity contribution in [2.45, 2.75) is 32.1 Å². The van der Waals surface area contributed by atoms with E-state index in [1.54, 1.807) is 4.90 Å². The van der Waals surface area contributed by atoms with E-state index in [0.717, 1.165) is 19.5 Å². The van der Waals surface area contributed by atoms with Crippen LogP contribution in [-0.4, -0.2) is 60.3 Å². The summed E-state index contributed by atoms with van der Waals surface area (Å²) < 4.78 is 0. The van der Waals surface area contributed by atoms with Gasteiger partial charge in [-0.2, -0.15) is 0 Å². The van der Waals surface area contributed by atoms with Gasteiger partial charge >= 0.3 is 0 Å². The molecule has 124 valence electrons. The zero-order valence-corrected chi connectivity index (χ0v) is 13.8. The van der Waals surface area contributed by atoms with Crippen molar-refractivity contribution in [1.82, 2.24) is 15.5 Å². The topological polar surface area (TPSA) is 78.5 Å². The Morgan fingerprint density at radius 2 is 1.86 bits per heavy atom. The number of likely N-dealkylation sites (tertiary alicyclic amines) is 1. The van der Waals surface area contributed by atoms with Gasteiger partial charge < -0.3 is 15.5 Å². The molecule has 1 aliphatic heterocycles. The van der Waals surface area contributed by atoms with Crippen LogP contribution in [-0.2, 0) is 14.4 Å². The lowest BCUT2D eigenvalue weighted by Gasteiger charge is -2.25. The van der Waals surface area contributed by atoms with Crippen LogP contribution in [0.2, 0.25) is 0 Å². The van der Waals surface area contributed by atoms with Crippen molar-refractivity contribution in [3.8, 4) is 0 Å². The summed E-state index contributed by atoms with van der Waals surface area (Å²) >= 11 is 1.33. The minimum absolute atomic E-state index is 0.00682. The monoisotopic (exact) mass is 327 g/mol. The van der Waals surface area contributed by atoms with E-state index in [0.29, 0.717) is 31.2 Å². The number of carbonyl (C=O) groups is 3. The van der Waals surface area contributed by atoms with E-state index >= 15 is 0 Å². The Morgan fingerprint density at radius 3 is 2.45 bits per heavy atom. The summed E-state index contributed by atoms with van der Waals surface area (Å²) in [7, 11) is 0. The minimum atomic E-state index is -0.0801. The molecule has 6 nitrogen and oxygen atoms in total. The maximum Gasteiger partial charge on any atom is 0.230 e. The van der Waals surface area contributed by atoms with E-state index in [1.807, 2.05) is 0 Å². The van der Waals surface area contributed by atoms with Gasteiger partial charge in [-0.25, -0.2) is 0 Å². The SMILES string of the molecule is O=C(CSCC(=O)NCC1CCC1)NCCN1CCCC1=O. The molecular weight excluding hydrogens is 302 g/mol. The summed E-state index contributed by atoms with van der Waals surface area (Å²) in [5.74, 6) is 1.36. The van der Waals surface area contributed by atoms with E-state index in [2.05, 4.69) is 10.6 Å². The molecule has 0 aromatic carbocycles. The molecule has 0 bridgehead atoms. The van der Waals surface area contributed by atoms with Gasteiger partial charge in [0.1, 0.15) is 0 Å². The Hall–Kier alpha value is -1.24. The number of hydrogen-bond acceptors (Lipinski definition) is 4. The maximum absolute atomic E-state index is 11.6. The molecule has 2 N–H and O–H groups in total. The zero-order chi connectivity index (χ0) is 15.8. The van der Waals surface area contributed by atoms with Crippen LogP contribution < -0.4 is 10.6 Å². The van der Waals surface area contributed by atoms with Gasteiger partial charge in [-0.3, -0.25) is 14.4 Å². The van der Waals surface area contributed by atoms with Crippen LogP contribution in [0.3, 0.4) is 0 Å². The minimum Gasteiger partial charge on any atom is -0.355 e. The third-order valence-corrected chi connectivity index (χ3v) is 5.09. The first-order valence-electron chi connectivity index (χ1n) is 8.04. The molecule has 1 aliphatic carbocycles. The lowest BCUT2D eigenvalue weighted by molar-refractivity contribution is -0.128.